The number of para-hydroxylation sites is 1. The molecule has 0 atom stereocenters. The highest BCUT2D eigenvalue weighted by Gasteiger charge is 2.35. The van der Waals surface area contributed by atoms with Crippen LogP contribution in [0.15, 0.2) is 59.9 Å². The second-order valence-corrected chi connectivity index (χ2v) is 6.92. The molecule has 132 valence electrons. The molecule has 0 radical (unpaired) electrons. The lowest BCUT2D eigenvalue weighted by molar-refractivity contribution is 0.0935. The summed E-state index contributed by atoms with van der Waals surface area (Å²) in [6.45, 7) is 3.62. The highest BCUT2D eigenvalue weighted by atomic mass is 16.1. The van der Waals surface area contributed by atoms with E-state index in [4.69, 9.17) is 0 Å². The van der Waals surface area contributed by atoms with Crippen molar-refractivity contribution in [3.05, 3.63) is 76.6 Å². The Kier molecular flexibility index (Phi) is 4.33. The van der Waals surface area contributed by atoms with Gasteiger partial charge in [-0.25, -0.2) is 0 Å². The van der Waals surface area contributed by atoms with Gasteiger partial charge in [-0.1, -0.05) is 42.5 Å². The minimum Gasteiger partial charge on any atom is -0.367 e. The zero-order valence-corrected chi connectivity index (χ0v) is 14.9. The van der Waals surface area contributed by atoms with E-state index in [2.05, 4.69) is 10.2 Å². The Morgan fingerprint density at radius 2 is 1.42 bits per heavy atom. The number of piperidine rings is 1. The van der Waals surface area contributed by atoms with E-state index >= 15 is 0 Å². The Morgan fingerprint density at radius 1 is 0.808 bits per heavy atom. The van der Waals surface area contributed by atoms with Crippen LogP contribution >= 0.6 is 0 Å². The number of aryl methyl sites for hydroxylation is 1. The molecule has 1 saturated heterocycles. The molecular weight excluding hydrogens is 324 g/mol. The van der Waals surface area contributed by atoms with E-state index in [0.717, 1.165) is 37.2 Å². The number of rotatable bonds is 3. The fourth-order valence-corrected chi connectivity index (χ4v) is 3.75. The van der Waals surface area contributed by atoms with Gasteiger partial charge in [0.2, 0.25) is 11.6 Å². The van der Waals surface area contributed by atoms with E-state index in [-0.39, 0.29) is 11.6 Å². The van der Waals surface area contributed by atoms with Gasteiger partial charge in [-0.2, -0.15) is 0 Å². The molecule has 1 heterocycles. The maximum atomic E-state index is 13.3. The van der Waals surface area contributed by atoms with Crippen molar-refractivity contribution in [3.63, 3.8) is 0 Å². The van der Waals surface area contributed by atoms with Gasteiger partial charge in [-0.3, -0.25) is 9.59 Å². The van der Waals surface area contributed by atoms with Crippen LogP contribution in [0.25, 0.3) is 0 Å². The Labute approximate surface area is 153 Å². The predicted molar refractivity (Wildman–Crippen MR) is 102 cm³/mol. The average molecular weight is 346 g/mol. The lowest BCUT2D eigenvalue weighted by Gasteiger charge is -2.34. The summed E-state index contributed by atoms with van der Waals surface area (Å²) in [7, 11) is 0. The van der Waals surface area contributed by atoms with Crippen molar-refractivity contribution in [3.8, 4) is 0 Å². The topological polar surface area (TPSA) is 49.4 Å². The number of benzene rings is 2. The van der Waals surface area contributed by atoms with E-state index in [1.165, 1.54) is 6.42 Å². The van der Waals surface area contributed by atoms with E-state index in [0.29, 0.717) is 22.5 Å². The van der Waals surface area contributed by atoms with Gasteiger partial charge in [0.25, 0.3) is 0 Å². The molecule has 26 heavy (non-hydrogen) atoms. The first-order valence-corrected chi connectivity index (χ1v) is 9.17. The van der Waals surface area contributed by atoms with Crippen LogP contribution in [0.2, 0.25) is 0 Å². The molecule has 0 spiro atoms. The number of allylic oxidation sites excluding steroid dienone is 2. The molecule has 2 aliphatic rings. The van der Waals surface area contributed by atoms with Crippen molar-refractivity contribution in [2.45, 2.75) is 26.2 Å². The number of likely N-dealkylation sites (tertiary alicyclic amines) is 1. The Hall–Kier alpha value is -2.88. The second kappa shape index (κ2) is 6.79. The first-order chi connectivity index (χ1) is 12.7. The molecule has 1 fully saturated rings. The molecule has 0 saturated carbocycles. The Balaban J connectivity index is 1.84. The number of nitrogens with one attached hydrogen (secondary N) is 1. The number of anilines is 1. The fraction of sp³-hybridized carbons (Fsp3) is 0.273. The summed E-state index contributed by atoms with van der Waals surface area (Å²) in [4.78, 5) is 28.6. The maximum absolute atomic E-state index is 13.3. The van der Waals surface area contributed by atoms with Crippen LogP contribution < -0.4 is 5.32 Å². The van der Waals surface area contributed by atoms with Crippen LogP contribution in [0.3, 0.4) is 0 Å². The number of ketones is 2. The number of Topliss-reactive ketones (excluding diaryl/α,β-unsaturated/α-hetero) is 2. The summed E-state index contributed by atoms with van der Waals surface area (Å²) >= 11 is 0. The fourth-order valence-electron chi connectivity index (χ4n) is 3.75. The summed E-state index contributed by atoms with van der Waals surface area (Å²) in [5, 5.41) is 3.29. The van der Waals surface area contributed by atoms with Gasteiger partial charge in [0.05, 0.1) is 0 Å². The highest BCUT2D eigenvalue weighted by Crippen LogP contribution is 2.31. The summed E-state index contributed by atoms with van der Waals surface area (Å²) in [5.74, 6) is -0.165. The Morgan fingerprint density at radius 3 is 2.12 bits per heavy atom. The van der Waals surface area contributed by atoms with Crippen LogP contribution in [0.4, 0.5) is 5.69 Å². The van der Waals surface area contributed by atoms with Crippen LogP contribution in [0.5, 0.6) is 0 Å². The molecule has 0 amide bonds. The molecule has 1 aliphatic heterocycles. The minimum absolute atomic E-state index is 0.0572. The molecule has 4 nitrogen and oxygen atoms in total. The number of fused-ring (bicyclic) bond motifs is 1. The number of carbonyl (C=O) groups is 2. The summed E-state index contributed by atoms with van der Waals surface area (Å²) in [6, 6.07) is 14.9. The summed E-state index contributed by atoms with van der Waals surface area (Å²) < 4.78 is 0. The normalized spacial score (nSPS) is 17.3. The predicted octanol–water partition coefficient (Wildman–Crippen LogP) is 4.18. The molecule has 2 aromatic carbocycles. The molecule has 2 aromatic rings. The third kappa shape index (κ3) is 2.81. The van der Waals surface area contributed by atoms with E-state index in [1.54, 1.807) is 18.2 Å². The zero-order chi connectivity index (χ0) is 18.1. The van der Waals surface area contributed by atoms with Crippen molar-refractivity contribution in [2.75, 3.05) is 18.4 Å². The lowest BCUT2D eigenvalue weighted by atomic mass is 9.89. The van der Waals surface area contributed by atoms with Crippen molar-refractivity contribution >= 4 is 17.3 Å². The lowest BCUT2D eigenvalue weighted by Crippen LogP contribution is -2.39. The van der Waals surface area contributed by atoms with E-state index in [9.17, 15) is 9.59 Å². The quantitative estimate of drug-likeness (QED) is 0.906. The van der Waals surface area contributed by atoms with Crippen LogP contribution in [0.1, 0.15) is 45.5 Å². The van der Waals surface area contributed by atoms with Crippen LogP contribution in [-0.2, 0) is 0 Å². The molecule has 4 heteroatoms. The van der Waals surface area contributed by atoms with Gasteiger partial charge >= 0.3 is 0 Å². The van der Waals surface area contributed by atoms with Crippen molar-refractivity contribution < 1.29 is 9.59 Å². The van der Waals surface area contributed by atoms with Crippen molar-refractivity contribution in [2.24, 2.45) is 0 Å². The second-order valence-electron chi connectivity index (χ2n) is 6.92. The van der Waals surface area contributed by atoms with Gasteiger partial charge in [-0.05, 0) is 37.8 Å². The van der Waals surface area contributed by atoms with Crippen molar-refractivity contribution in [1.82, 2.24) is 4.90 Å². The number of hydrogen-bond donors (Lipinski definition) is 1. The standard InChI is InChI=1S/C22H22N2O2/c1-15-9-3-6-12-18(15)23-19-20(24-13-7-2-8-14-24)22(26)17-11-5-4-10-16(17)21(19)25/h3-6,9-12,23H,2,7-8,13-14H2,1H3. The van der Waals surface area contributed by atoms with Gasteiger partial charge in [0, 0.05) is 29.9 Å². The molecule has 1 N–H and O–H groups in total. The summed E-state index contributed by atoms with van der Waals surface area (Å²) in [6.07, 6.45) is 3.26. The van der Waals surface area contributed by atoms with Gasteiger partial charge in [0.1, 0.15) is 11.4 Å². The molecule has 0 bridgehead atoms. The van der Waals surface area contributed by atoms with Gasteiger partial charge in [-0.15, -0.1) is 0 Å². The maximum Gasteiger partial charge on any atom is 0.212 e. The first-order valence-electron chi connectivity index (χ1n) is 9.17. The highest BCUT2D eigenvalue weighted by molar-refractivity contribution is 6.27. The number of carbonyl (C=O) groups excluding carboxylic acids is 2. The van der Waals surface area contributed by atoms with E-state index < -0.39 is 0 Å². The largest absolute Gasteiger partial charge is 0.367 e. The third-order valence-electron chi connectivity index (χ3n) is 5.17. The molecular formula is C22H22N2O2. The third-order valence-corrected chi connectivity index (χ3v) is 5.17. The van der Waals surface area contributed by atoms with Gasteiger partial charge < -0.3 is 10.2 Å². The molecule has 1 aliphatic carbocycles. The van der Waals surface area contributed by atoms with Crippen LogP contribution in [-0.4, -0.2) is 29.6 Å². The number of hydrogen-bond acceptors (Lipinski definition) is 4. The average Bonchev–Trinajstić information content (AvgIpc) is 2.68. The molecule has 4 rings (SSSR count). The zero-order valence-electron chi connectivity index (χ0n) is 14.9. The number of nitrogens with zero attached hydrogens (tertiary/aromatic N) is 1. The van der Waals surface area contributed by atoms with Crippen LogP contribution in [0, 0.1) is 6.92 Å². The summed E-state index contributed by atoms with van der Waals surface area (Å²) in [5.41, 5.74) is 3.82. The smallest absolute Gasteiger partial charge is 0.212 e. The van der Waals surface area contributed by atoms with Gasteiger partial charge in [0.15, 0.2) is 0 Å². The van der Waals surface area contributed by atoms with E-state index in [1.807, 2.05) is 37.3 Å². The Bertz CT molecular complexity index is 908. The monoisotopic (exact) mass is 346 g/mol. The first kappa shape index (κ1) is 16.6. The minimum atomic E-state index is -0.107. The SMILES string of the molecule is Cc1ccccc1NC1=C(N2CCCCC2)C(=O)c2ccccc2C1=O. The molecule has 0 aromatic heterocycles. The molecule has 0 unspecified atom stereocenters. The van der Waals surface area contributed by atoms with Crippen molar-refractivity contribution in [1.29, 1.82) is 0 Å².